The Morgan fingerprint density at radius 3 is 2.54 bits per heavy atom. The van der Waals surface area contributed by atoms with E-state index < -0.39 is 12.4 Å². The first kappa shape index (κ1) is 24.9. The summed E-state index contributed by atoms with van der Waals surface area (Å²) in [6.45, 7) is 6.36. The third-order valence-electron chi connectivity index (χ3n) is 6.45. The zero-order valence-electron chi connectivity index (χ0n) is 20.7. The van der Waals surface area contributed by atoms with E-state index in [9.17, 15) is 18.7 Å². The summed E-state index contributed by atoms with van der Waals surface area (Å²) in [4.78, 5) is 17.6. The van der Waals surface area contributed by atoms with Gasteiger partial charge >= 0.3 is 6.29 Å². The number of nitrogens with zero attached hydrogens (tertiary/aromatic N) is 5. The molecule has 9 nitrogen and oxygen atoms in total. The van der Waals surface area contributed by atoms with E-state index in [1.165, 1.54) is 17.0 Å². The van der Waals surface area contributed by atoms with E-state index in [-0.39, 0.29) is 41.8 Å². The van der Waals surface area contributed by atoms with Crippen LogP contribution in [0.2, 0.25) is 0 Å². The summed E-state index contributed by atoms with van der Waals surface area (Å²) >= 11 is 0. The first-order chi connectivity index (χ1) is 17.5. The summed E-state index contributed by atoms with van der Waals surface area (Å²) < 4.78 is 38.3. The lowest BCUT2D eigenvalue weighted by Gasteiger charge is -2.24. The number of hydrogen-bond donors (Lipinski definition) is 1. The highest BCUT2D eigenvalue weighted by atomic mass is 19.3. The number of benzene rings is 2. The van der Waals surface area contributed by atoms with E-state index >= 15 is 0 Å². The Kier molecular flexibility index (Phi) is 6.00. The van der Waals surface area contributed by atoms with Crippen molar-refractivity contribution in [3.63, 3.8) is 0 Å². The van der Waals surface area contributed by atoms with Crippen LogP contribution in [-0.2, 0) is 16.8 Å². The van der Waals surface area contributed by atoms with Gasteiger partial charge in [0.2, 0.25) is 5.91 Å². The van der Waals surface area contributed by atoms with Crippen molar-refractivity contribution < 1.29 is 28.2 Å². The maximum absolute atomic E-state index is 13.6. The van der Waals surface area contributed by atoms with E-state index in [0.717, 1.165) is 29.4 Å². The maximum Gasteiger partial charge on any atom is 0.586 e. The standard InChI is InChI=1S/C26H27F2N5O4/c1-25(2,3)23-11-16-10-17(6-8-20(16)32(23)14-19(34)13-30-31-29)33(24(35)15-4-5-15)18-7-9-21-22(12-18)37-26(27,28)36-21/h6-12,15,19,34H,4-5,13-14H2,1-3H3/t19-/m0/s1. The lowest BCUT2D eigenvalue weighted by Crippen LogP contribution is -2.27. The van der Waals surface area contributed by atoms with E-state index in [0.29, 0.717) is 11.4 Å². The largest absolute Gasteiger partial charge is 0.586 e. The fourth-order valence-electron chi connectivity index (χ4n) is 4.61. The second-order valence-corrected chi connectivity index (χ2v) is 10.4. The van der Waals surface area contributed by atoms with E-state index in [1.54, 1.807) is 12.1 Å². The number of carbonyl (C=O) groups is 1. The van der Waals surface area contributed by atoms with Crippen LogP contribution in [0, 0.1) is 5.92 Å². The van der Waals surface area contributed by atoms with Gasteiger partial charge in [-0.15, -0.1) is 8.78 Å². The van der Waals surface area contributed by atoms with Gasteiger partial charge in [0.1, 0.15) is 0 Å². The number of rotatable bonds is 7. The number of aromatic nitrogens is 1. The van der Waals surface area contributed by atoms with Gasteiger partial charge in [-0.3, -0.25) is 9.69 Å². The highest BCUT2D eigenvalue weighted by Crippen LogP contribution is 2.45. The maximum atomic E-state index is 13.6. The molecule has 2 aromatic carbocycles. The molecule has 11 heteroatoms. The average Bonchev–Trinajstić information content (AvgIpc) is 3.54. The van der Waals surface area contributed by atoms with Gasteiger partial charge in [0, 0.05) is 51.1 Å². The molecule has 1 aliphatic heterocycles. The summed E-state index contributed by atoms with van der Waals surface area (Å²) in [5.41, 5.74) is 11.1. The average molecular weight is 512 g/mol. The Labute approximate surface area is 211 Å². The minimum atomic E-state index is -3.75. The van der Waals surface area contributed by atoms with E-state index in [2.05, 4.69) is 40.3 Å². The van der Waals surface area contributed by atoms with Gasteiger partial charge in [0.25, 0.3) is 0 Å². The molecule has 1 saturated carbocycles. The molecule has 2 aliphatic rings. The number of azide groups is 1. The van der Waals surface area contributed by atoms with Crippen molar-refractivity contribution in [2.45, 2.75) is 58.0 Å². The SMILES string of the molecule is CC(C)(C)c1cc2cc(N(C(=O)C3CC3)c3ccc4c(c3)OC(F)(F)O4)ccc2n1C[C@@H](O)CN=[N+]=[N-]. The molecule has 0 unspecified atom stereocenters. The number of aliphatic hydroxyl groups excluding tert-OH is 1. The van der Waals surface area contributed by atoms with Crippen molar-refractivity contribution in [2.75, 3.05) is 11.4 Å². The van der Waals surface area contributed by atoms with Gasteiger partial charge in [-0.05, 0) is 54.8 Å². The molecule has 37 heavy (non-hydrogen) atoms. The molecule has 5 rings (SSSR count). The molecule has 0 bridgehead atoms. The van der Waals surface area contributed by atoms with Crippen LogP contribution in [0.15, 0.2) is 47.6 Å². The van der Waals surface area contributed by atoms with Gasteiger partial charge in [-0.25, -0.2) is 0 Å². The summed E-state index contributed by atoms with van der Waals surface area (Å²) in [5.74, 6) is -0.472. The van der Waals surface area contributed by atoms with Gasteiger partial charge in [-0.1, -0.05) is 25.9 Å². The Bertz CT molecular complexity index is 1420. The Morgan fingerprint density at radius 1 is 1.19 bits per heavy atom. The minimum absolute atomic E-state index is 0.0509. The molecule has 1 fully saturated rings. The van der Waals surface area contributed by atoms with Crippen LogP contribution in [0.5, 0.6) is 11.5 Å². The molecule has 0 saturated heterocycles. The van der Waals surface area contributed by atoms with Crippen LogP contribution in [0.1, 0.15) is 39.3 Å². The number of hydrogen-bond acceptors (Lipinski definition) is 5. The zero-order chi connectivity index (χ0) is 26.5. The number of carbonyl (C=O) groups excluding carboxylic acids is 1. The summed E-state index contributed by atoms with van der Waals surface area (Å²) in [6.07, 6.45) is -3.07. The van der Waals surface area contributed by atoms with Crippen LogP contribution in [0.25, 0.3) is 21.3 Å². The van der Waals surface area contributed by atoms with Gasteiger partial charge in [0.15, 0.2) is 11.5 Å². The first-order valence-corrected chi connectivity index (χ1v) is 12.0. The van der Waals surface area contributed by atoms with Crippen molar-refractivity contribution in [1.82, 2.24) is 4.57 Å². The Morgan fingerprint density at radius 2 is 1.86 bits per heavy atom. The third kappa shape index (κ3) is 4.92. The van der Waals surface area contributed by atoms with Crippen molar-refractivity contribution in [1.29, 1.82) is 0 Å². The summed E-state index contributed by atoms with van der Waals surface area (Å²) in [6, 6.07) is 11.9. The van der Waals surface area contributed by atoms with Gasteiger partial charge in [0.05, 0.1) is 18.3 Å². The molecule has 3 aromatic rings. The molecule has 1 amide bonds. The second-order valence-electron chi connectivity index (χ2n) is 10.4. The van der Waals surface area contributed by atoms with Crippen LogP contribution in [0.4, 0.5) is 20.2 Å². The smallest absolute Gasteiger partial charge is 0.395 e. The van der Waals surface area contributed by atoms with Crippen molar-refractivity contribution in [3.05, 3.63) is 58.6 Å². The van der Waals surface area contributed by atoms with E-state index in [4.69, 9.17) is 5.53 Å². The van der Waals surface area contributed by atoms with Gasteiger partial charge in [-0.2, -0.15) is 0 Å². The van der Waals surface area contributed by atoms with Crippen molar-refractivity contribution in [3.8, 4) is 11.5 Å². The number of fused-ring (bicyclic) bond motifs is 2. The highest BCUT2D eigenvalue weighted by Gasteiger charge is 2.44. The van der Waals surface area contributed by atoms with Crippen LogP contribution >= 0.6 is 0 Å². The number of aliphatic hydroxyl groups is 1. The first-order valence-electron chi connectivity index (χ1n) is 12.0. The van der Waals surface area contributed by atoms with Gasteiger partial charge < -0.3 is 19.1 Å². The number of ether oxygens (including phenoxy) is 2. The summed E-state index contributed by atoms with van der Waals surface area (Å²) in [5, 5.41) is 14.8. The Balaban J connectivity index is 1.57. The highest BCUT2D eigenvalue weighted by molar-refractivity contribution is 6.04. The number of anilines is 2. The minimum Gasteiger partial charge on any atom is -0.395 e. The fourth-order valence-corrected chi connectivity index (χ4v) is 4.61. The molecule has 2 heterocycles. The second kappa shape index (κ2) is 8.93. The molecular formula is C26H27F2N5O4. The van der Waals surface area contributed by atoms with Crippen LogP contribution in [0.3, 0.4) is 0 Å². The van der Waals surface area contributed by atoms with Crippen LogP contribution in [-0.4, -0.2) is 34.5 Å². The van der Waals surface area contributed by atoms with Crippen molar-refractivity contribution in [2.24, 2.45) is 11.0 Å². The van der Waals surface area contributed by atoms with Crippen LogP contribution < -0.4 is 14.4 Å². The Hall–Kier alpha value is -3.82. The number of alkyl halides is 2. The number of halogens is 2. The number of amides is 1. The zero-order valence-corrected chi connectivity index (χ0v) is 20.7. The lowest BCUT2D eigenvalue weighted by molar-refractivity contribution is -0.286. The fraction of sp³-hybridized carbons (Fsp3) is 0.423. The molecule has 0 radical (unpaired) electrons. The molecular weight excluding hydrogens is 484 g/mol. The lowest BCUT2D eigenvalue weighted by atomic mass is 9.92. The predicted molar refractivity (Wildman–Crippen MR) is 133 cm³/mol. The molecule has 1 atom stereocenters. The molecule has 1 N–H and O–H groups in total. The predicted octanol–water partition coefficient (Wildman–Crippen LogP) is 6.01. The third-order valence-corrected chi connectivity index (χ3v) is 6.45. The normalized spacial score (nSPS) is 16.9. The molecule has 194 valence electrons. The molecule has 0 spiro atoms. The summed E-state index contributed by atoms with van der Waals surface area (Å²) in [7, 11) is 0. The molecule has 1 aliphatic carbocycles. The molecule has 1 aromatic heterocycles. The monoisotopic (exact) mass is 511 g/mol. The van der Waals surface area contributed by atoms with E-state index in [1.807, 2.05) is 22.8 Å². The quantitative estimate of drug-likeness (QED) is 0.238. The topological polar surface area (TPSA) is 113 Å². The van der Waals surface area contributed by atoms with Crippen molar-refractivity contribution >= 4 is 28.2 Å².